The van der Waals surface area contributed by atoms with Gasteiger partial charge in [0.15, 0.2) is 16.7 Å². The number of hydrogen-bond acceptors (Lipinski definition) is 8. The second-order valence-corrected chi connectivity index (χ2v) is 8.61. The van der Waals surface area contributed by atoms with E-state index in [1.807, 2.05) is 18.4 Å². The van der Waals surface area contributed by atoms with Gasteiger partial charge in [-0.25, -0.2) is 0 Å². The molecule has 0 aliphatic rings. The van der Waals surface area contributed by atoms with Crippen molar-refractivity contribution in [1.82, 2.24) is 10.2 Å². The molecule has 1 amide bonds. The van der Waals surface area contributed by atoms with Gasteiger partial charge in [0.05, 0.1) is 0 Å². The third kappa shape index (κ3) is 5.88. The van der Waals surface area contributed by atoms with Crippen LogP contribution in [0.15, 0.2) is 46.1 Å². The zero-order valence-electron chi connectivity index (χ0n) is 14.5. The summed E-state index contributed by atoms with van der Waals surface area (Å²) in [5.74, 6) is 1.13. The molecule has 27 heavy (non-hydrogen) atoms. The minimum atomic E-state index is -0.310. The summed E-state index contributed by atoms with van der Waals surface area (Å²) in [5, 5.41) is 13.2. The first kappa shape index (κ1) is 19.5. The number of carbonyl (C=O) groups is 2. The van der Waals surface area contributed by atoms with Crippen LogP contribution in [0.2, 0.25) is 0 Å². The molecular weight excluding hydrogens is 402 g/mol. The molecule has 3 aromatic rings. The lowest BCUT2D eigenvalue weighted by molar-refractivity contribution is -0.118. The molecule has 2 heterocycles. The van der Waals surface area contributed by atoms with E-state index < -0.39 is 0 Å². The number of thioether (sulfide) groups is 1. The highest BCUT2D eigenvalue weighted by Gasteiger charge is 2.10. The number of rotatable bonds is 9. The van der Waals surface area contributed by atoms with Gasteiger partial charge in [-0.2, -0.15) is 0 Å². The molecule has 0 saturated carbocycles. The lowest BCUT2D eigenvalue weighted by atomic mass is 10.1. The first-order valence-corrected chi connectivity index (χ1v) is 10.9. The zero-order chi connectivity index (χ0) is 19.1. The summed E-state index contributed by atoms with van der Waals surface area (Å²) in [5.41, 5.74) is 0.635. The average Bonchev–Trinajstić information content (AvgIpc) is 3.36. The third-order valence-electron chi connectivity index (χ3n) is 3.44. The topological polar surface area (TPSA) is 81.2 Å². The first-order chi connectivity index (χ1) is 13.1. The minimum absolute atomic E-state index is 0.0725. The van der Waals surface area contributed by atoms with Gasteiger partial charge in [-0.05, 0) is 35.7 Å². The fourth-order valence-electron chi connectivity index (χ4n) is 2.09. The van der Waals surface area contributed by atoms with E-state index in [0.29, 0.717) is 22.9 Å². The molecule has 0 radical (unpaired) electrons. The lowest BCUT2D eigenvalue weighted by Gasteiger charge is -2.06. The standard InChI is InChI=1S/C18H17N3O3S3/c1-2-15(22)12-5-7-13(8-6-12)24-10-16(23)19-17-20-21-18(27-17)26-11-14-4-3-9-25-14/h3-9H,2,10-11H2,1H3,(H,19,20,23). The Kier molecular flexibility index (Phi) is 6.97. The van der Waals surface area contributed by atoms with Crippen molar-refractivity contribution in [2.75, 3.05) is 11.9 Å². The van der Waals surface area contributed by atoms with E-state index in [1.165, 1.54) is 16.2 Å². The molecule has 6 nitrogen and oxygen atoms in total. The number of carbonyl (C=O) groups excluding carboxylic acids is 2. The molecule has 1 N–H and O–H groups in total. The number of Topliss-reactive ketones (excluding diaryl/α,β-unsaturated/α-hetero) is 1. The van der Waals surface area contributed by atoms with Gasteiger partial charge in [-0.15, -0.1) is 21.5 Å². The first-order valence-electron chi connectivity index (χ1n) is 8.18. The highest BCUT2D eigenvalue weighted by molar-refractivity contribution is 8.00. The summed E-state index contributed by atoms with van der Waals surface area (Å²) in [7, 11) is 0. The van der Waals surface area contributed by atoms with Crippen LogP contribution in [0.3, 0.4) is 0 Å². The quantitative estimate of drug-likeness (QED) is 0.312. The van der Waals surface area contributed by atoms with Crippen LogP contribution in [-0.4, -0.2) is 28.5 Å². The van der Waals surface area contributed by atoms with E-state index in [4.69, 9.17) is 4.74 Å². The van der Waals surface area contributed by atoms with E-state index in [0.717, 1.165) is 10.1 Å². The van der Waals surface area contributed by atoms with E-state index >= 15 is 0 Å². The van der Waals surface area contributed by atoms with Crippen LogP contribution in [0.1, 0.15) is 28.6 Å². The second-order valence-electron chi connectivity index (χ2n) is 5.38. The predicted octanol–water partition coefficient (Wildman–Crippen LogP) is 4.50. The van der Waals surface area contributed by atoms with Crippen LogP contribution in [0.5, 0.6) is 5.75 Å². The summed E-state index contributed by atoms with van der Waals surface area (Å²) < 4.78 is 6.24. The number of thiophene rings is 1. The Morgan fingerprint density at radius 2 is 2.00 bits per heavy atom. The molecule has 0 unspecified atom stereocenters. The SMILES string of the molecule is CCC(=O)c1ccc(OCC(=O)Nc2nnc(SCc3cccs3)s2)cc1. The number of aromatic nitrogens is 2. The van der Waals surface area contributed by atoms with Crippen molar-refractivity contribution in [2.24, 2.45) is 0 Å². The number of ketones is 1. The molecule has 0 aliphatic heterocycles. The second kappa shape index (κ2) is 9.63. The van der Waals surface area contributed by atoms with Gasteiger partial charge in [0.25, 0.3) is 5.91 Å². The van der Waals surface area contributed by atoms with Crippen molar-refractivity contribution in [3.05, 3.63) is 52.2 Å². The smallest absolute Gasteiger partial charge is 0.264 e. The number of nitrogens with one attached hydrogen (secondary N) is 1. The van der Waals surface area contributed by atoms with Crippen molar-refractivity contribution in [3.63, 3.8) is 0 Å². The van der Waals surface area contributed by atoms with Crippen LogP contribution in [-0.2, 0) is 10.5 Å². The number of ether oxygens (including phenoxy) is 1. The molecule has 1 aromatic carbocycles. The molecule has 0 atom stereocenters. The van der Waals surface area contributed by atoms with E-state index in [1.54, 1.807) is 47.4 Å². The van der Waals surface area contributed by atoms with Crippen molar-refractivity contribution in [1.29, 1.82) is 0 Å². The van der Waals surface area contributed by atoms with Gasteiger partial charge in [-0.3, -0.25) is 14.9 Å². The zero-order valence-corrected chi connectivity index (χ0v) is 17.0. The Bertz CT molecular complexity index is 892. The summed E-state index contributed by atoms with van der Waals surface area (Å²) in [4.78, 5) is 24.9. The molecule has 3 rings (SSSR count). The number of benzene rings is 1. The van der Waals surface area contributed by atoms with Crippen LogP contribution < -0.4 is 10.1 Å². The Morgan fingerprint density at radius 3 is 2.70 bits per heavy atom. The highest BCUT2D eigenvalue weighted by atomic mass is 32.2. The van der Waals surface area contributed by atoms with Gasteiger partial charge in [-0.1, -0.05) is 36.1 Å². The summed E-state index contributed by atoms with van der Waals surface area (Å²) in [6.45, 7) is 1.68. The van der Waals surface area contributed by atoms with E-state index in [9.17, 15) is 9.59 Å². The normalized spacial score (nSPS) is 10.6. The number of anilines is 1. The summed E-state index contributed by atoms with van der Waals surface area (Å²) in [6.07, 6.45) is 0.456. The highest BCUT2D eigenvalue weighted by Crippen LogP contribution is 2.29. The molecule has 0 fully saturated rings. The van der Waals surface area contributed by atoms with E-state index in [2.05, 4.69) is 21.6 Å². The Morgan fingerprint density at radius 1 is 1.19 bits per heavy atom. The Balaban J connectivity index is 1.44. The Hall–Kier alpha value is -2.23. The minimum Gasteiger partial charge on any atom is -0.484 e. The van der Waals surface area contributed by atoms with Crippen LogP contribution >= 0.6 is 34.4 Å². The predicted molar refractivity (Wildman–Crippen MR) is 109 cm³/mol. The van der Waals surface area contributed by atoms with Gasteiger partial charge in [0, 0.05) is 22.6 Å². The molecule has 0 aliphatic carbocycles. The molecule has 0 bridgehead atoms. The molecule has 9 heteroatoms. The molecular formula is C18H17N3O3S3. The number of amides is 1. The maximum absolute atomic E-state index is 12.0. The van der Waals surface area contributed by atoms with Crippen LogP contribution in [0, 0.1) is 0 Å². The Labute approximate surface area is 169 Å². The fraction of sp³-hybridized carbons (Fsp3) is 0.222. The van der Waals surface area contributed by atoms with Gasteiger partial charge >= 0.3 is 0 Å². The van der Waals surface area contributed by atoms with Gasteiger partial charge in [0.1, 0.15) is 5.75 Å². The van der Waals surface area contributed by atoms with Gasteiger partial charge in [0.2, 0.25) is 5.13 Å². The molecule has 140 valence electrons. The monoisotopic (exact) mass is 419 g/mol. The van der Waals surface area contributed by atoms with Crippen molar-refractivity contribution < 1.29 is 14.3 Å². The third-order valence-corrected chi connectivity index (χ3v) is 6.52. The number of nitrogens with zero attached hydrogens (tertiary/aromatic N) is 2. The largest absolute Gasteiger partial charge is 0.484 e. The lowest BCUT2D eigenvalue weighted by Crippen LogP contribution is -2.20. The van der Waals surface area contributed by atoms with Crippen molar-refractivity contribution in [2.45, 2.75) is 23.4 Å². The number of hydrogen-bond donors (Lipinski definition) is 1. The summed E-state index contributed by atoms with van der Waals surface area (Å²) >= 11 is 4.62. The molecule has 0 saturated heterocycles. The average molecular weight is 420 g/mol. The maximum Gasteiger partial charge on any atom is 0.264 e. The van der Waals surface area contributed by atoms with Crippen LogP contribution in [0.25, 0.3) is 0 Å². The van der Waals surface area contributed by atoms with Crippen molar-refractivity contribution >= 4 is 51.3 Å². The maximum atomic E-state index is 12.0. The molecule has 2 aromatic heterocycles. The summed E-state index contributed by atoms with van der Waals surface area (Å²) in [6, 6.07) is 10.8. The fourth-order valence-corrected chi connectivity index (χ4v) is 4.63. The van der Waals surface area contributed by atoms with Crippen LogP contribution in [0.4, 0.5) is 5.13 Å². The molecule has 0 spiro atoms. The van der Waals surface area contributed by atoms with Crippen molar-refractivity contribution in [3.8, 4) is 5.75 Å². The van der Waals surface area contributed by atoms with E-state index in [-0.39, 0.29) is 18.3 Å². The van der Waals surface area contributed by atoms with Gasteiger partial charge < -0.3 is 4.74 Å².